The number of aryl methyl sites for hydroxylation is 1. The molecular weight excluding hydrogens is 340 g/mol. The first kappa shape index (κ1) is 19.0. The fraction of sp³-hybridized carbons (Fsp3) is 0.278. The Hall–Kier alpha value is -2.38. The molecule has 0 aliphatic carbocycles. The quantitative estimate of drug-likeness (QED) is 0.788. The third kappa shape index (κ3) is 5.58. The van der Waals surface area contributed by atoms with Crippen molar-refractivity contribution in [3.05, 3.63) is 59.7 Å². The minimum atomic E-state index is -3.69. The number of amides is 1. The Morgan fingerprint density at radius 3 is 2.24 bits per heavy atom. The van der Waals surface area contributed by atoms with Crippen LogP contribution in [0.15, 0.2) is 53.4 Å². The fourth-order valence-electron chi connectivity index (χ4n) is 2.39. The van der Waals surface area contributed by atoms with Crippen molar-refractivity contribution < 1.29 is 17.9 Å². The van der Waals surface area contributed by atoms with Crippen LogP contribution in [0.1, 0.15) is 30.5 Å². The fourth-order valence-corrected chi connectivity index (χ4v) is 2.91. The van der Waals surface area contributed by atoms with E-state index in [-0.39, 0.29) is 16.8 Å². The number of rotatable bonds is 7. The van der Waals surface area contributed by atoms with E-state index in [9.17, 15) is 13.2 Å². The van der Waals surface area contributed by atoms with Crippen molar-refractivity contribution in [3.63, 3.8) is 0 Å². The zero-order chi connectivity index (χ0) is 18.4. The van der Waals surface area contributed by atoms with Crippen LogP contribution in [0.4, 0.5) is 0 Å². The van der Waals surface area contributed by atoms with E-state index in [1.807, 2.05) is 31.2 Å². The maximum absolute atomic E-state index is 12.1. The molecule has 25 heavy (non-hydrogen) atoms. The predicted molar refractivity (Wildman–Crippen MR) is 95.7 cm³/mol. The Balaban J connectivity index is 1.87. The molecule has 0 saturated heterocycles. The first-order chi connectivity index (χ1) is 11.8. The van der Waals surface area contributed by atoms with Gasteiger partial charge in [0.1, 0.15) is 5.75 Å². The lowest BCUT2D eigenvalue weighted by molar-refractivity contribution is -0.121. The van der Waals surface area contributed by atoms with E-state index < -0.39 is 10.0 Å². The molecule has 134 valence electrons. The van der Waals surface area contributed by atoms with Crippen LogP contribution in [-0.2, 0) is 21.2 Å². The monoisotopic (exact) mass is 362 g/mol. The van der Waals surface area contributed by atoms with Gasteiger partial charge in [0.25, 0.3) is 0 Å². The molecule has 2 aromatic rings. The molecule has 3 N–H and O–H groups in total. The molecule has 0 saturated carbocycles. The summed E-state index contributed by atoms with van der Waals surface area (Å²) in [7, 11) is -2.08. The van der Waals surface area contributed by atoms with Gasteiger partial charge in [-0.05, 0) is 48.7 Å². The summed E-state index contributed by atoms with van der Waals surface area (Å²) in [5.41, 5.74) is 1.87. The molecule has 7 heteroatoms. The first-order valence-corrected chi connectivity index (χ1v) is 9.39. The maximum Gasteiger partial charge on any atom is 0.238 e. The Morgan fingerprint density at radius 1 is 1.12 bits per heavy atom. The Labute approximate surface area is 148 Å². The van der Waals surface area contributed by atoms with E-state index in [4.69, 9.17) is 9.88 Å². The van der Waals surface area contributed by atoms with E-state index in [0.29, 0.717) is 12.8 Å². The van der Waals surface area contributed by atoms with Crippen LogP contribution >= 0.6 is 0 Å². The number of nitrogens with one attached hydrogen (secondary N) is 1. The molecule has 0 heterocycles. The lowest BCUT2D eigenvalue weighted by Gasteiger charge is -2.15. The van der Waals surface area contributed by atoms with Crippen LogP contribution in [0, 0.1) is 0 Å². The van der Waals surface area contributed by atoms with E-state index in [1.165, 1.54) is 12.1 Å². The van der Waals surface area contributed by atoms with Gasteiger partial charge in [0.05, 0.1) is 18.0 Å². The van der Waals surface area contributed by atoms with E-state index >= 15 is 0 Å². The lowest BCUT2D eigenvalue weighted by Crippen LogP contribution is -2.26. The Morgan fingerprint density at radius 2 is 1.72 bits per heavy atom. The molecular formula is C18H22N2O4S. The number of hydrogen-bond acceptors (Lipinski definition) is 4. The third-order valence-electron chi connectivity index (χ3n) is 3.89. The molecule has 0 bridgehead atoms. The standard InChI is InChI=1S/C18H22N2O4S/c1-13(15-6-8-16(24-2)9-7-15)20-18(21)12-5-14-3-10-17(11-4-14)25(19,22)23/h3-4,6-11,13H,5,12H2,1-2H3,(H,20,21)(H2,19,22,23). The van der Waals surface area contributed by atoms with Crippen LogP contribution in [0.5, 0.6) is 5.75 Å². The zero-order valence-corrected chi connectivity index (χ0v) is 15.0. The molecule has 1 amide bonds. The van der Waals surface area contributed by atoms with Gasteiger partial charge in [-0.15, -0.1) is 0 Å². The van der Waals surface area contributed by atoms with Crippen molar-refractivity contribution in [1.82, 2.24) is 5.32 Å². The summed E-state index contributed by atoms with van der Waals surface area (Å²) < 4.78 is 27.5. The third-order valence-corrected chi connectivity index (χ3v) is 4.82. The van der Waals surface area contributed by atoms with Crippen molar-refractivity contribution >= 4 is 15.9 Å². The van der Waals surface area contributed by atoms with Gasteiger partial charge in [-0.1, -0.05) is 24.3 Å². The number of carbonyl (C=O) groups is 1. The smallest absolute Gasteiger partial charge is 0.238 e. The molecule has 1 unspecified atom stereocenters. The minimum Gasteiger partial charge on any atom is -0.497 e. The molecule has 2 rings (SSSR count). The summed E-state index contributed by atoms with van der Waals surface area (Å²) in [5, 5.41) is 8.00. The molecule has 2 aromatic carbocycles. The van der Waals surface area contributed by atoms with Gasteiger partial charge in [-0.2, -0.15) is 0 Å². The van der Waals surface area contributed by atoms with Gasteiger partial charge < -0.3 is 10.1 Å². The van der Waals surface area contributed by atoms with Crippen molar-refractivity contribution in [2.45, 2.75) is 30.7 Å². The zero-order valence-electron chi connectivity index (χ0n) is 14.2. The van der Waals surface area contributed by atoms with E-state index in [1.54, 1.807) is 19.2 Å². The van der Waals surface area contributed by atoms with Crippen LogP contribution in [0.25, 0.3) is 0 Å². The highest BCUT2D eigenvalue weighted by Gasteiger charge is 2.11. The van der Waals surface area contributed by atoms with Gasteiger partial charge >= 0.3 is 0 Å². The van der Waals surface area contributed by atoms with Crippen LogP contribution < -0.4 is 15.2 Å². The van der Waals surface area contributed by atoms with E-state index in [0.717, 1.165) is 16.9 Å². The number of nitrogens with two attached hydrogens (primary N) is 1. The number of benzene rings is 2. The summed E-state index contributed by atoms with van der Waals surface area (Å²) in [5.74, 6) is 0.698. The number of primary sulfonamides is 1. The second kappa shape index (κ2) is 8.13. The van der Waals surface area contributed by atoms with Crippen LogP contribution in [-0.4, -0.2) is 21.4 Å². The van der Waals surface area contributed by atoms with Gasteiger partial charge in [-0.25, -0.2) is 13.6 Å². The SMILES string of the molecule is COc1ccc(C(C)NC(=O)CCc2ccc(S(N)(=O)=O)cc2)cc1. The van der Waals surface area contributed by atoms with Crippen LogP contribution in [0.3, 0.4) is 0 Å². The highest BCUT2D eigenvalue weighted by molar-refractivity contribution is 7.89. The predicted octanol–water partition coefficient (Wildman–Crippen LogP) is 2.15. The number of ether oxygens (including phenoxy) is 1. The summed E-state index contributed by atoms with van der Waals surface area (Å²) in [6.45, 7) is 1.92. The molecule has 1 atom stereocenters. The van der Waals surface area contributed by atoms with Crippen molar-refractivity contribution in [2.24, 2.45) is 5.14 Å². The highest BCUT2D eigenvalue weighted by atomic mass is 32.2. The number of sulfonamides is 1. The average Bonchev–Trinajstić information content (AvgIpc) is 2.59. The minimum absolute atomic E-state index is 0.0637. The highest BCUT2D eigenvalue weighted by Crippen LogP contribution is 2.17. The Bertz CT molecular complexity index is 815. The summed E-state index contributed by atoms with van der Waals surface area (Å²) in [4.78, 5) is 12.2. The largest absolute Gasteiger partial charge is 0.497 e. The van der Waals surface area contributed by atoms with Crippen molar-refractivity contribution in [1.29, 1.82) is 0 Å². The van der Waals surface area contributed by atoms with Gasteiger partial charge in [0.2, 0.25) is 15.9 Å². The molecule has 0 aromatic heterocycles. The molecule has 0 aliphatic rings. The average molecular weight is 362 g/mol. The maximum atomic E-state index is 12.1. The number of methoxy groups -OCH3 is 1. The molecule has 0 radical (unpaired) electrons. The lowest BCUT2D eigenvalue weighted by atomic mass is 10.1. The second-order valence-electron chi connectivity index (χ2n) is 5.75. The van der Waals surface area contributed by atoms with E-state index in [2.05, 4.69) is 5.32 Å². The topological polar surface area (TPSA) is 98.5 Å². The first-order valence-electron chi connectivity index (χ1n) is 7.84. The van der Waals surface area contributed by atoms with Crippen molar-refractivity contribution in [2.75, 3.05) is 7.11 Å². The van der Waals surface area contributed by atoms with Crippen molar-refractivity contribution in [3.8, 4) is 5.75 Å². The molecule has 0 aliphatic heterocycles. The molecule has 0 spiro atoms. The summed E-state index contributed by atoms with van der Waals surface area (Å²) in [6, 6.07) is 13.6. The van der Waals surface area contributed by atoms with Gasteiger partial charge in [0, 0.05) is 6.42 Å². The summed E-state index contributed by atoms with van der Waals surface area (Å²) >= 11 is 0. The normalized spacial score (nSPS) is 12.4. The van der Waals surface area contributed by atoms with Gasteiger partial charge in [0.15, 0.2) is 0 Å². The second-order valence-corrected chi connectivity index (χ2v) is 7.31. The Kier molecular flexibility index (Phi) is 6.17. The summed E-state index contributed by atoms with van der Waals surface area (Å²) in [6.07, 6.45) is 0.835. The molecule has 6 nitrogen and oxygen atoms in total. The number of carbonyl (C=O) groups excluding carboxylic acids is 1. The van der Waals surface area contributed by atoms with Crippen LogP contribution in [0.2, 0.25) is 0 Å². The van der Waals surface area contributed by atoms with Gasteiger partial charge in [-0.3, -0.25) is 4.79 Å². The molecule has 0 fully saturated rings. The number of hydrogen-bond donors (Lipinski definition) is 2.